The fraction of sp³-hybridized carbons (Fsp3) is 0.179. The molecule has 0 saturated carbocycles. The fourth-order valence-corrected chi connectivity index (χ4v) is 5.03. The average Bonchev–Trinajstić information content (AvgIpc) is 3.22. The summed E-state index contributed by atoms with van der Waals surface area (Å²) in [6, 6.07) is 21.4. The van der Waals surface area contributed by atoms with Crippen LogP contribution in [0.5, 0.6) is 0 Å². The van der Waals surface area contributed by atoms with Crippen molar-refractivity contribution in [1.82, 2.24) is 19.5 Å². The van der Waals surface area contributed by atoms with Crippen LogP contribution in [0.3, 0.4) is 0 Å². The van der Waals surface area contributed by atoms with Gasteiger partial charge >= 0.3 is 0 Å². The maximum absolute atomic E-state index is 13.5. The van der Waals surface area contributed by atoms with Gasteiger partial charge in [0.2, 0.25) is 11.9 Å². The lowest BCUT2D eigenvalue weighted by atomic mass is 10.2. The number of hydrogen-bond acceptors (Lipinski definition) is 8. The van der Waals surface area contributed by atoms with Gasteiger partial charge in [-0.3, -0.25) is 0 Å². The molecule has 0 radical (unpaired) electrons. The van der Waals surface area contributed by atoms with Crippen LogP contribution < -0.4 is 15.5 Å². The minimum Gasteiger partial charge on any atom is -0.352 e. The van der Waals surface area contributed by atoms with E-state index in [1.54, 1.807) is 36.5 Å². The second-order valence-corrected chi connectivity index (χ2v) is 11.5. The summed E-state index contributed by atoms with van der Waals surface area (Å²) in [5, 5.41) is 6.45. The highest BCUT2D eigenvalue weighted by molar-refractivity contribution is 7.89. The molecule has 0 amide bonds. The molecule has 0 saturated heterocycles. The van der Waals surface area contributed by atoms with Gasteiger partial charge in [0.15, 0.2) is 9.84 Å². The normalized spacial score (nSPS) is 11.5. The quantitative estimate of drug-likeness (QED) is 0.261. The van der Waals surface area contributed by atoms with Gasteiger partial charge in [0.05, 0.1) is 16.8 Å². The van der Waals surface area contributed by atoms with Crippen molar-refractivity contribution < 1.29 is 12.8 Å². The molecule has 200 valence electrons. The van der Waals surface area contributed by atoms with Gasteiger partial charge < -0.3 is 20.1 Å². The number of benzene rings is 3. The molecule has 2 heterocycles. The second-order valence-electron chi connectivity index (χ2n) is 9.34. The fourth-order valence-electron chi connectivity index (χ4n) is 4.23. The molecule has 0 aliphatic carbocycles. The summed E-state index contributed by atoms with van der Waals surface area (Å²) in [5.41, 5.74) is 4.96. The van der Waals surface area contributed by atoms with Crippen molar-refractivity contribution in [3.8, 4) is 0 Å². The van der Waals surface area contributed by atoms with Crippen LogP contribution >= 0.6 is 0 Å². The maximum atomic E-state index is 13.5. The number of halogens is 1. The Labute approximate surface area is 226 Å². The Morgan fingerprint density at radius 1 is 0.974 bits per heavy atom. The van der Waals surface area contributed by atoms with Crippen LogP contribution in [0, 0.1) is 5.82 Å². The molecule has 0 aliphatic rings. The summed E-state index contributed by atoms with van der Waals surface area (Å²) in [7, 11) is 0.755. The third-order valence-electron chi connectivity index (χ3n) is 6.21. The number of sulfone groups is 1. The minimum absolute atomic E-state index is 0.00472. The van der Waals surface area contributed by atoms with Crippen molar-refractivity contribution in [3.63, 3.8) is 0 Å². The molecule has 0 atom stereocenters. The highest BCUT2D eigenvalue weighted by atomic mass is 32.2. The number of fused-ring (bicyclic) bond motifs is 1. The molecular weight excluding hydrogens is 517 g/mol. The van der Waals surface area contributed by atoms with Crippen LogP contribution in [0.1, 0.15) is 11.1 Å². The van der Waals surface area contributed by atoms with Crippen molar-refractivity contribution in [2.24, 2.45) is 7.05 Å². The topological polar surface area (TPSA) is 105 Å². The summed E-state index contributed by atoms with van der Waals surface area (Å²) in [4.78, 5) is 15.6. The van der Waals surface area contributed by atoms with Crippen LogP contribution in [0.25, 0.3) is 11.0 Å². The standard InChI is InChI=1S/C28H28FN7O2S/c1-35(26-13-14-30-27(34-26)32-22-9-7-19(8-10-22)18-39(3,37)38)23-11-12-25-24(16-23)33-28(36(25)2)31-17-20-5-4-6-21(29)15-20/h4-16H,17-18H2,1-3H3,(H,31,33)(H,30,32,34). The highest BCUT2D eigenvalue weighted by Gasteiger charge is 2.13. The first-order chi connectivity index (χ1) is 18.6. The number of imidazole rings is 1. The smallest absolute Gasteiger partial charge is 0.229 e. The Morgan fingerprint density at radius 2 is 1.77 bits per heavy atom. The first-order valence-corrected chi connectivity index (χ1v) is 14.3. The van der Waals surface area contributed by atoms with Gasteiger partial charge in [-0.2, -0.15) is 4.98 Å². The van der Waals surface area contributed by atoms with E-state index in [-0.39, 0.29) is 11.6 Å². The Morgan fingerprint density at radius 3 is 2.51 bits per heavy atom. The van der Waals surface area contributed by atoms with Crippen molar-refractivity contribution in [2.75, 3.05) is 28.8 Å². The molecule has 2 N–H and O–H groups in total. The second kappa shape index (κ2) is 10.7. The first kappa shape index (κ1) is 26.1. The van der Waals surface area contributed by atoms with Crippen LogP contribution in [0.15, 0.2) is 79.0 Å². The van der Waals surface area contributed by atoms with Crippen molar-refractivity contribution in [3.05, 3.63) is 95.9 Å². The minimum atomic E-state index is -3.09. The molecule has 5 rings (SSSR count). The van der Waals surface area contributed by atoms with Crippen LogP contribution in [-0.4, -0.2) is 41.2 Å². The Kier molecular flexibility index (Phi) is 7.16. The molecule has 0 aliphatic heterocycles. The molecule has 2 aromatic heterocycles. The monoisotopic (exact) mass is 545 g/mol. The number of hydrogen-bond donors (Lipinski definition) is 2. The van der Waals surface area contributed by atoms with E-state index in [4.69, 9.17) is 4.98 Å². The number of aromatic nitrogens is 4. The molecule has 11 heteroatoms. The van der Waals surface area contributed by atoms with Gasteiger partial charge in [0.1, 0.15) is 11.6 Å². The third kappa shape index (κ3) is 6.32. The average molecular weight is 546 g/mol. The Balaban J connectivity index is 1.31. The molecule has 3 aromatic carbocycles. The molecule has 9 nitrogen and oxygen atoms in total. The number of rotatable bonds is 9. The van der Waals surface area contributed by atoms with E-state index in [1.165, 1.54) is 18.4 Å². The molecule has 0 bridgehead atoms. The van der Waals surface area contributed by atoms with Crippen LogP contribution in [0.2, 0.25) is 0 Å². The number of nitrogens with one attached hydrogen (secondary N) is 2. The van der Waals surface area contributed by atoms with E-state index in [0.717, 1.165) is 33.5 Å². The SMILES string of the molecule is CN(c1ccc2c(c1)nc(NCc1cccc(F)c1)n2C)c1ccnc(Nc2ccc(CS(C)(=O)=O)cc2)n1. The van der Waals surface area contributed by atoms with E-state index in [1.807, 2.05) is 53.9 Å². The predicted octanol–water partition coefficient (Wildman–Crippen LogP) is 5.17. The summed E-state index contributed by atoms with van der Waals surface area (Å²) in [5.74, 6) is 1.51. The van der Waals surface area contributed by atoms with Gasteiger partial charge in [0.25, 0.3) is 0 Å². The van der Waals surface area contributed by atoms with Gasteiger partial charge in [-0.25, -0.2) is 22.8 Å². The van der Waals surface area contributed by atoms with Gasteiger partial charge in [-0.15, -0.1) is 0 Å². The van der Waals surface area contributed by atoms with E-state index in [9.17, 15) is 12.8 Å². The summed E-state index contributed by atoms with van der Waals surface area (Å²) < 4.78 is 38.5. The lowest BCUT2D eigenvalue weighted by Gasteiger charge is -2.19. The van der Waals surface area contributed by atoms with Crippen LogP contribution in [0.4, 0.5) is 33.5 Å². The summed E-state index contributed by atoms with van der Waals surface area (Å²) >= 11 is 0. The van der Waals surface area contributed by atoms with Crippen molar-refractivity contribution >= 4 is 50.0 Å². The zero-order valence-electron chi connectivity index (χ0n) is 21.8. The molecule has 0 spiro atoms. The maximum Gasteiger partial charge on any atom is 0.229 e. The van der Waals surface area contributed by atoms with Gasteiger partial charge in [-0.05, 0) is 59.7 Å². The lowest BCUT2D eigenvalue weighted by molar-refractivity contribution is 0.601. The Bertz CT molecular complexity index is 1740. The van der Waals surface area contributed by atoms with Crippen molar-refractivity contribution in [1.29, 1.82) is 0 Å². The summed E-state index contributed by atoms with van der Waals surface area (Å²) in [6.07, 6.45) is 2.89. The van der Waals surface area contributed by atoms with Crippen LogP contribution in [-0.2, 0) is 29.2 Å². The molecule has 5 aromatic rings. The van der Waals surface area contributed by atoms with Gasteiger partial charge in [-0.1, -0.05) is 24.3 Å². The van der Waals surface area contributed by atoms with E-state index in [0.29, 0.717) is 24.3 Å². The number of anilines is 5. The molecular formula is C28H28FN7O2S. The Hall–Kier alpha value is -4.51. The third-order valence-corrected chi connectivity index (χ3v) is 7.07. The predicted molar refractivity (Wildman–Crippen MR) is 153 cm³/mol. The van der Waals surface area contributed by atoms with Crippen molar-refractivity contribution in [2.45, 2.75) is 12.3 Å². The first-order valence-electron chi connectivity index (χ1n) is 12.2. The van der Waals surface area contributed by atoms with E-state index in [2.05, 4.69) is 20.6 Å². The molecule has 0 unspecified atom stereocenters. The number of aryl methyl sites for hydroxylation is 1. The molecule has 39 heavy (non-hydrogen) atoms. The summed E-state index contributed by atoms with van der Waals surface area (Å²) in [6.45, 7) is 0.457. The highest BCUT2D eigenvalue weighted by Crippen LogP contribution is 2.28. The largest absolute Gasteiger partial charge is 0.352 e. The van der Waals surface area contributed by atoms with E-state index < -0.39 is 9.84 Å². The number of nitrogens with zero attached hydrogens (tertiary/aromatic N) is 5. The lowest BCUT2D eigenvalue weighted by Crippen LogP contribution is -2.12. The zero-order valence-corrected chi connectivity index (χ0v) is 22.6. The van der Waals surface area contributed by atoms with E-state index >= 15 is 0 Å². The molecule has 0 fully saturated rings. The van der Waals surface area contributed by atoms with Gasteiger partial charge in [0, 0.05) is 44.5 Å². The zero-order chi connectivity index (χ0) is 27.6.